The largest absolute Gasteiger partial charge is 0.481 e. The van der Waals surface area contributed by atoms with Crippen molar-refractivity contribution in [3.05, 3.63) is 0 Å². The molecule has 1 aliphatic rings. The van der Waals surface area contributed by atoms with Crippen LogP contribution in [-0.2, 0) is 38.1 Å². The van der Waals surface area contributed by atoms with Gasteiger partial charge in [0.05, 0.1) is 45.1 Å². The monoisotopic (exact) mass is 547 g/mol. The molecule has 0 aromatic carbocycles. The normalized spacial score (nSPS) is 14.0. The molecule has 1 fully saturated rings. The molecule has 0 spiro atoms. The van der Waals surface area contributed by atoms with Gasteiger partial charge in [0.2, 0.25) is 11.8 Å². The molecule has 1 saturated carbocycles. The average Bonchev–Trinajstić information content (AvgIpc) is 3.62. The number of rotatable bonds is 22. The number of carboxylic acids is 1. The minimum absolute atomic E-state index is 0.0690. The van der Waals surface area contributed by atoms with E-state index in [-0.39, 0.29) is 51.5 Å². The van der Waals surface area contributed by atoms with E-state index in [0.717, 1.165) is 25.7 Å². The average molecular weight is 548 g/mol. The van der Waals surface area contributed by atoms with Crippen molar-refractivity contribution in [2.45, 2.75) is 58.5 Å². The van der Waals surface area contributed by atoms with Crippen molar-refractivity contribution in [2.24, 2.45) is 5.41 Å². The Morgan fingerprint density at radius 3 is 1.71 bits per heavy atom. The number of unbranched alkanes of at least 4 members (excludes halogenated alkanes) is 1. The number of carboxylic acid groups (broad SMARTS) is 1. The number of carbonyl (C=O) groups excluding carboxylic acids is 3. The van der Waals surface area contributed by atoms with Crippen molar-refractivity contribution >= 4 is 23.9 Å². The predicted molar refractivity (Wildman–Crippen MR) is 137 cm³/mol. The van der Waals surface area contributed by atoms with Crippen LogP contribution in [0.2, 0.25) is 0 Å². The number of hydrogen-bond acceptors (Lipinski definition) is 9. The number of ether oxygens (including phenoxy) is 5. The molecule has 13 heteroatoms. The summed E-state index contributed by atoms with van der Waals surface area (Å²) in [5, 5.41) is 17.1. The van der Waals surface area contributed by atoms with Crippen LogP contribution in [0.15, 0.2) is 0 Å². The molecule has 13 nitrogen and oxygen atoms in total. The van der Waals surface area contributed by atoms with Gasteiger partial charge in [0.1, 0.15) is 18.8 Å². The third-order valence-corrected chi connectivity index (χ3v) is 5.41. The van der Waals surface area contributed by atoms with Gasteiger partial charge in [0.25, 0.3) is 0 Å². The molecule has 0 radical (unpaired) electrons. The fraction of sp³-hybridized carbons (Fsp3) is 0.840. The van der Waals surface area contributed by atoms with Gasteiger partial charge in [-0.1, -0.05) is 6.42 Å². The summed E-state index contributed by atoms with van der Waals surface area (Å²) in [5.74, 6) is -1.21. The fourth-order valence-corrected chi connectivity index (χ4v) is 3.21. The Morgan fingerprint density at radius 2 is 1.21 bits per heavy atom. The lowest BCUT2D eigenvalue weighted by molar-refractivity contribution is -0.143. The molecule has 0 heterocycles. The topological polar surface area (TPSA) is 171 Å². The van der Waals surface area contributed by atoms with E-state index < -0.39 is 23.1 Å². The molecule has 1 aliphatic carbocycles. The van der Waals surface area contributed by atoms with Crippen molar-refractivity contribution < 1.29 is 48.0 Å². The number of hydrogen-bond donors (Lipinski definition) is 4. The van der Waals surface area contributed by atoms with E-state index in [1.54, 1.807) is 20.8 Å². The van der Waals surface area contributed by atoms with Gasteiger partial charge in [0, 0.05) is 19.6 Å². The molecule has 3 amide bonds. The summed E-state index contributed by atoms with van der Waals surface area (Å²) in [7, 11) is 0. The first-order valence-electron chi connectivity index (χ1n) is 13.1. The van der Waals surface area contributed by atoms with Crippen LogP contribution in [0.1, 0.15) is 52.9 Å². The van der Waals surface area contributed by atoms with Crippen LogP contribution in [0.25, 0.3) is 0 Å². The maximum Gasteiger partial charge on any atom is 0.407 e. The smallest absolute Gasteiger partial charge is 0.407 e. The Morgan fingerprint density at radius 1 is 0.711 bits per heavy atom. The molecule has 220 valence electrons. The zero-order valence-corrected chi connectivity index (χ0v) is 22.9. The van der Waals surface area contributed by atoms with E-state index in [2.05, 4.69) is 16.0 Å². The molecule has 0 saturated heterocycles. The summed E-state index contributed by atoms with van der Waals surface area (Å²) in [6, 6.07) is 0. The van der Waals surface area contributed by atoms with Gasteiger partial charge in [-0.25, -0.2) is 4.79 Å². The van der Waals surface area contributed by atoms with E-state index in [1.807, 2.05) is 0 Å². The summed E-state index contributed by atoms with van der Waals surface area (Å²) >= 11 is 0. The quantitative estimate of drug-likeness (QED) is 0.142. The second kappa shape index (κ2) is 18.7. The Labute approximate surface area is 224 Å². The maximum atomic E-state index is 11.7. The second-order valence-electron chi connectivity index (χ2n) is 10.0. The number of aliphatic carboxylic acids is 1. The molecular weight excluding hydrogens is 502 g/mol. The third-order valence-electron chi connectivity index (χ3n) is 5.41. The number of carbonyl (C=O) groups is 4. The van der Waals surface area contributed by atoms with Crippen LogP contribution in [0.3, 0.4) is 0 Å². The molecule has 1 rings (SSSR count). The summed E-state index contributed by atoms with van der Waals surface area (Å²) in [6.45, 7) is 7.98. The summed E-state index contributed by atoms with van der Waals surface area (Å²) in [4.78, 5) is 46.0. The van der Waals surface area contributed by atoms with Crippen molar-refractivity contribution in [3.63, 3.8) is 0 Å². The van der Waals surface area contributed by atoms with Gasteiger partial charge in [-0.15, -0.1) is 0 Å². The lowest BCUT2D eigenvalue weighted by Crippen LogP contribution is -2.34. The van der Waals surface area contributed by atoms with E-state index in [0.29, 0.717) is 39.3 Å². The Kier molecular flexibility index (Phi) is 16.5. The highest BCUT2D eigenvalue weighted by molar-refractivity contribution is 5.78. The Balaban J connectivity index is 1.80. The van der Waals surface area contributed by atoms with E-state index >= 15 is 0 Å². The number of nitrogens with one attached hydrogen (secondary N) is 3. The summed E-state index contributed by atoms with van der Waals surface area (Å²) in [6.07, 6.45) is 3.17. The van der Waals surface area contributed by atoms with Crippen LogP contribution < -0.4 is 16.0 Å². The number of alkyl carbamates (subject to hydrolysis) is 1. The van der Waals surface area contributed by atoms with Crippen LogP contribution >= 0.6 is 0 Å². The zero-order chi connectivity index (χ0) is 28.3. The second-order valence-corrected chi connectivity index (χ2v) is 10.0. The lowest BCUT2D eigenvalue weighted by Gasteiger charge is -2.19. The molecule has 0 aromatic rings. The molecule has 0 aromatic heterocycles. The standard InChI is InChI=1S/C25H45N3O10/c1-24(2,3)38-23(33)28-11-13-35-15-17-37-19-21(30)27-10-12-34-14-16-36-18-20(29)26-9-5-4-6-25(7-8-25)22(31)32/h4-19H2,1-3H3,(H,26,29)(H,27,30)(H,28,33)(H,31,32). The highest BCUT2D eigenvalue weighted by Gasteiger charge is 2.49. The van der Waals surface area contributed by atoms with Crippen molar-refractivity contribution in [1.82, 2.24) is 16.0 Å². The van der Waals surface area contributed by atoms with Crippen molar-refractivity contribution in [3.8, 4) is 0 Å². The first-order chi connectivity index (χ1) is 18.0. The molecule has 0 unspecified atom stereocenters. The van der Waals surface area contributed by atoms with E-state index in [1.165, 1.54) is 0 Å². The molecule has 38 heavy (non-hydrogen) atoms. The zero-order valence-electron chi connectivity index (χ0n) is 22.9. The van der Waals surface area contributed by atoms with Gasteiger partial charge in [0.15, 0.2) is 0 Å². The Hall–Kier alpha value is -2.48. The van der Waals surface area contributed by atoms with E-state index in [4.69, 9.17) is 28.8 Å². The van der Waals surface area contributed by atoms with Crippen LogP contribution in [0.5, 0.6) is 0 Å². The molecule has 0 aliphatic heterocycles. The maximum absolute atomic E-state index is 11.7. The minimum atomic E-state index is -0.713. The molecule has 4 N–H and O–H groups in total. The van der Waals surface area contributed by atoms with Gasteiger partial charge in [-0.2, -0.15) is 0 Å². The van der Waals surface area contributed by atoms with Crippen LogP contribution in [-0.4, -0.2) is 107 Å². The van der Waals surface area contributed by atoms with Gasteiger partial charge in [-0.3, -0.25) is 14.4 Å². The van der Waals surface area contributed by atoms with Crippen molar-refractivity contribution in [1.29, 1.82) is 0 Å². The number of amides is 3. The fourth-order valence-electron chi connectivity index (χ4n) is 3.21. The molecular formula is C25H45N3O10. The summed E-state index contributed by atoms with van der Waals surface area (Å²) < 4.78 is 26.2. The predicted octanol–water partition coefficient (Wildman–Crippen LogP) is 0.845. The Bertz CT molecular complexity index is 723. The first-order valence-corrected chi connectivity index (χ1v) is 13.1. The third kappa shape index (κ3) is 17.9. The lowest BCUT2D eigenvalue weighted by atomic mass is 9.99. The van der Waals surface area contributed by atoms with Gasteiger partial charge in [-0.05, 0) is 46.5 Å². The van der Waals surface area contributed by atoms with Gasteiger partial charge < -0.3 is 44.7 Å². The van der Waals surface area contributed by atoms with Gasteiger partial charge >= 0.3 is 12.1 Å². The minimum Gasteiger partial charge on any atom is -0.481 e. The molecule has 0 atom stereocenters. The van der Waals surface area contributed by atoms with Crippen LogP contribution in [0, 0.1) is 5.41 Å². The van der Waals surface area contributed by atoms with E-state index in [9.17, 15) is 19.2 Å². The summed E-state index contributed by atoms with van der Waals surface area (Å²) in [5.41, 5.74) is -1.06. The van der Waals surface area contributed by atoms with Crippen LogP contribution in [0.4, 0.5) is 4.79 Å². The molecule has 0 bridgehead atoms. The highest BCUT2D eigenvalue weighted by Crippen LogP contribution is 2.49. The SMILES string of the molecule is CC(C)(C)OC(=O)NCCOCCOCC(=O)NCCOCCOCC(=O)NCCCCC1(C(=O)O)CC1. The van der Waals surface area contributed by atoms with Crippen molar-refractivity contribution in [2.75, 3.05) is 72.5 Å². The first kappa shape index (κ1) is 33.5. The highest BCUT2D eigenvalue weighted by atomic mass is 16.6.